The van der Waals surface area contributed by atoms with Crippen LogP contribution in [0.3, 0.4) is 0 Å². The number of carbonyl (C=O) groups is 6. The second-order valence-electron chi connectivity index (χ2n) is 3.11. The molecule has 0 aliphatic heterocycles. The van der Waals surface area contributed by atoms with E-state index in [4.69, 9.17) is 59.4 Å². The Balaban J connectivity index is -0.0000000245. The van der Waals surface area contributed by atoms with E-state index < -0.39 is 35.8 Å². The van der Waals surface area contributed by atoms with Crippen molar-refractivity contribution in [2.45, 2.75) is 41.5 Å². The largest absolute Gasteiger partial charge is 0.481 e. The average molecular weight is 652 g/mol. The van der Waals surface area contributed by atoms with Crippen molar-refractivity contribution in [1.29, 1.82) is 0 Å². The quantitative estimate of drug-likeness (QED) is 0.211. The minimum absolute atomic E-state index is 0. The maximum absolute atomic E-state index is 9.00. The van der Waals surface area contributed by atoms with Gasteiger partial charge in [0.05, 0.1) is 0 Å². The zero-order valence-electron chi connectivity index (χ0n) is 15.0. The monoisotopic (exact) mass is 653 g/mol. The molecular weight excluding hydrogens is 628 g/mol. The van der Waals surface area contributed by atoms with E-state index in [2.05, 4.69) is 0 Å². The molecule has 0 aromatic heterocycles. The van der Waals surface area contributed by atoms with Crippen molar-refractivity contribution in [3.05, 3.63) is 0 Å². The molecule has 0 rings (SSSR count). The van der Waals surface area contributed by atoms with Crippen LogP contribution < -0.4 is 0 Å². The molecule has 6 N–H and O–H groups in total. The van der Waals surface area contributed by atoms with Gasteiger partial charge in [0.1, 0.15) is 0 Å². The molecule has 0 aromatic rings. The summed E-state index contributed by atoms with van der Waals surface area (Å²) in [6.07, 6.45) is 0. The van der Waals surface area contributed by atoms with Gasteiger partial charge < -0.3 is 30.6 Å². The van der Waals surface area contributed by atoms with Crippen LogP contribution in [0, 0.1) is 91.1 Å². The summed E-state index contributed by atoms with van der Waals surface area (Å²) in [5.74, 6) is -5.00. The number of hydrogen-bond acceptors (Lipinski definition) is 6. The van der Waals surface area contributed by atoms with E-state index in [1.807, 2.05) is 0 Å². The topological polar surface area (TPSA) is 224 Å². The molecule has 0 aromatic carbocycles. The van der Waals surface area contributed by atoms with Crippen molar-refractivity contribution in [3.8, 4) is 0 Å². The van der Waals surface area contributed by atoms with E-state index in [1.54, 1.807) is 0 Å². The van der Waals surface area contributed by atoms with Crippen molar-refractivity contribution < 1.29 is 151 Å². The van der Waals surface area contributed by atoms with E-state index in [0.29, 0.717) is 0 Å². The van der Waals surface area contributed by atoms with Gasteiger partial charge in [-0.3, -0.25) is 28.8 Å². The van der Waals surface area contributed by atoms with Crippen molar-refractivity contribution in [2.24, 2.45) is 0 Å². The molecule has 0 saturated heterocycles. The Labute approximate surface area is 224 Å². The third-order valence-electron chi connectivity index (χ3n) is 0. The summed E-state index contributed by atoms with van der Waals surface area (Å²) in [7, 11) is 0. The van der Waals surface area contributed by atoms with Crippen molar-refractivity contribution in [1.82, 2.24) is 0 Å². The summed E-state index contributed by atoms with van der Waals surface area (Å²) in [5, 5.41) is 44.5. The molecule has 155 valence electrons. The average Bonchev–Trinajstić information content (AvgIpc) is 2.08. The molecule has 12 nitrogen and oxygen atoms in total. The minimum Gasteiger partial charge on any atom is -0.481 e. The zero-order chi connectivity index (χ0) is 21.5. The molecule has 0 bridgehead atoms. The van der Waals surface area contributed by atoms with Crippen LogP contribution in [0.25, 0.3) is 0 Å². The molecule has 0 unspecified atom stereocenters. The first-order chi connectivity index (χ1) is 10.4. The Morgan fingerprint density at radius 1 is 0.385 bits per heavy atom. The number of carboxylic acid groups (broad SMARTS) is 6. The van der Waals surface area contributed by atoms with Gasteiger partial charge in [0.25, 0.3) is 35.8 Å². The Kier molecular flexibility index (Phi) is 85.4. The molecule has 0 saturated carbocycles. The van der Waals surface area contributed by atoms with Gasteiger partial charge >= 0.3 is 0 Å². The van der Waals surface area contributed by atoms with Gasteiger partial charge in [-0.25, -0.2) is 0 Å². The Hall–Kier alpha value is -0.219. The summed E-state index contributed by atoms with van der Waals surface area (Å²) in [4.78, 5) is 54.0. The fourth-order valence-electron chi connectivity index (χ4n) is 0. The van der Waals surface area contributed by atoms with Crippen LogP contribution in [0.1, 0.15) is 41.5 Å². The molecule has 0 aliphatic rings. The van der Waals surface area contributed by atoms with E-state index >= 15 is 0 Å². The Bertz CT molecular complexity index is 267. The smallest absolute Gasteiger partial charge is 0.300 e. The second kappa shape index (κ2) is 44.3. The van der Waals surface area contributed by atoms with Crippen LogP contribution in [0.5, 0.6) is 0 Å². The summed E-state index contributed by atoms with van der Waals surface area (Å²) < 4.78 is 0. The van der Waals surface area contributed by atoms with Gasteiger partial charge in [0.15, 0.2) is 0 Å². The van der Waals surface area contributed by atoms with Gasteiger partial charge in [0, 0.05) is 133 Å². The molecule has 0 aliphatic carbocycles. The fraction of sp³-hybridized carbons (Fsp3) is 0.500. The SMILES string of the molecule is CC(=O)O.CC(=O)O.CC(=O)O.CC(=O)O.CC(=O)O.CC(=O)O.[Ce].[Eu]. The van der Waals surface area contributed by atoms with Crippen LogP contribution in [0.4, 0.5) is 0 Å². The van der Waals surface area contributed by atoms with E-state index in [1.165, 1.54) is 0 Å². The number of rotatable bonds is 0. The summed E-state index contributed by atoms with van der Waals surface area (Å²) >= 11 is 0. The normalized spacial score (nSPS) is 5.77. The molecule has 0 atom stereocenters. The second-order valence-corrected chi connectivity index (χ2v) is 3.11. The minimum atomic E-state index is -0.833. The third-order valence-corrected chi connectivity index (χ3v) is 0. The van der Waals surface area contributed by atoms with E-state index in [0.717, 1.165) is 41.5 Å². The van der Waals surface area contributed by atoms with Crippen molar-refractivity contribution in [2.75, 3.05) is 0 Å². The van der Waals surface area contributed by atoms with Crippen molar-refractivity contribution >= 4 is 35.8 Å². The molecular formula is C12H24CeEuO12. The predicted octanol–water partition coefficient (Wildman–Crippen LogP) is 0.545. The first-order valence-electron chi connectivity index (χ1n) is 5.57. The van der Waals surface area contributed by atoms with Gasteiger partial charge in [-0.15, -0.1) is 0 Å². The van der Waals surface area contributed by atoms with Crippen LogP contribution in [0.2, 0.25) is 0 Å². The molecule has 26 heavy (non-hydrogen) atoms. The first-order valence-corrected chi connectivity index (χ1v) is 5.57. The van der Waals surface area contributed by atoms with E-state index in [9.17, 15) is 0 Å². The molecule has 0 spiro atoms. The maximum Gasteiger partial charge on any atom is 0.300 e. The Morgan fingerprint density at radius 2 is 0.385 bits per heavy atom. The third kappa shape index (κ3) is 257000. The van der Waals surface area contributed by atoms with Gasteiger partial charge in [-0.2, -0.15) is 0 Å². The molecule has 0 fully saturated rings. The van der Waals surface area contributed by atoms with Crippen LogP contribution in [-0.4, -0.2) is 66.5 Å². The van der Waals surface area contributed by atoms with Crippen LogP contribution >= 0.6 is 0 Å². The van der Waals surface area contributed by atoms with Gasteiger partial charge in [0.2, 0.25) is 0 Å². The number of hydrogen-bond donors (Lipinski definition) is 6. The standard InChI is InChI=1S/6C2H4O2.Ce.Eu/c6*1-2(3)4;;/h6*1H3,(H,3,4);;. The predicted molar refractivity (Wildman–Crippen MR) is 79.9 cm³/mol. The van der Waals surface area contributed by atoms with Crippen LogP contribution in [0.15, 0.2) is 0 Å². The molecule has 0 amide bonds. The zero-order valence-corrected chi connectivity index (χ0v) is 20.6. The summed E-state index contributed by atoms with van der Waals surface area (Å²) in [5.41, 5.74) is 0. The molecule has 14 heteroatoms. The van der Waals surface area contributed by atoms with Gasteiger partial charge in [-0.1, -0.05) is 0 Å². The van der Waals surface area contributed by atoms with Crippen LogP contribution in [-0.2, 0) is 28.8 Å². The van der Waals surface area contributed by atoms with Gasteiger partial charge in [-0.05, 0) is 0 Å². The fourth-order valence-corrected chi connectivity index (χ4v) is 0. The summed E-state index contributed by atoms with van der Waals surface area (Å²) in [6.45, 7) is 6.50. The number of aliphatic carboxylic acids is 6. The summed E-state index contributed by atoms with van der Waals surface area (Å²) in [6, 6.07) is 0. The number of carboxylic acids is 6. The Morgan fingerprint density at radius 3 is 0.385 bits per heavy atom. The first kappa shape index (κ1) is 50.1. The maximum atomic E-state index is 9.00. The molecule has 1 radical (unpaired) electrons. The van der Waals surface area contributed by atoms with E-state index in [-0.39, 0.29) is 91.1 Å². The molecule has 0 heterocycles. The van der Waals surface area contributed by atoms with Crippen molar-refractivity contribution in [3.63, 3.8) is 0 Å².